The van der Waals surface area contributed by atoms with Gasteiger partial charge >= 0.3 is 0 Å². The highest BCUT2D eigenvalue weighted by molar-refractivity contribution is 6.36. The van der Waals surface area contributed by atoms with Crippen LogP contribution in [0.15, 0.2) is 66.2 Å². The van der Waals surface area contributed by atoms with E-state index in [1.807, 2.05) is 24.3 Å². The van der Waals surface area contributed by atoms with Crippen LogP contribution in [0.1, 0.15) is 12.5 Å². The summed E-state index contributed by atoms with van der Waals surface area (Å²) >= 11 is 6.44. The Kier molecular flexibility index (Phi) is 6.61. The molecule has 0 spiro atoms. The van der Waals surface area contributed by atoms with Crippen LogP contribution in [-0.2, 0) is 4.79 Å². The van der Waals surface area contributed by atoms with E-state index in [1.165, 1.54) is 18.2 Å². The van der Waals surface area contributed by atoms with Crippen molar-refractivity contribution in [2.75, 3.05) is 16.4 Å². The van der Waals surface area contributed by atoms with Crippen LogP contribution >= 0.6 is 11.6 Å². The Balaban J connectivity index is 1.78. The number of benzene rings is 3. The van der Waals surface area contributed by atoms with Crippen molar-refractivity contribution in [3.63, 3.8) is 0 Å². The van der Waals surface area contributed by atoms with Crippen LogP contribution < -0.4 is 16.4 Å². The number of nitrogens with one attached hydrogen (secondary N) is 4. The quantitative estimate of drug-likeness (QED) is 0.130. The van der Waals surface area contributed by atoms with Crippen molar-refractivity contribution in [3.8, 4) is 5.69 Å². The van der Waals surface area contributed by atoms with Crippen molar-refractivity contribution in [1.82, 2.24) is 9.78 Å². The van der Waals surface area contributed by atoms with E-state index in [1.54, 1.807) is 29.8 Å². The molecule has 8 nitrogen and oxygen atoms in total. The summed E-state index contributed by atoms with van der Waals surface area (Å²) in [5.41, 5.74) is 8.50. The maximum atomic E-state index is 14.5. The molecule has 3 aromatic carbocycles. The fourth-order valence-corrected chi connectivity index (χ4v) is 3.82. The van der Waals surface area contributed by atoms with E-state index in [4.69, 9.17) is 28.2 Å². The lowest BCUT2D eigenvalue weighted by Crippen LogP contribution is -2.16. The van der Waals surface area contributed by atoms with Gasteiger partial charge in [0.05, 0.1) is 33.2 Å². The lowest BCUT2D eigenvalue weighted by Gasteiger charge is -2.11. The fourth-order valence-electron chi connectivity index (χ4n) is 3.55. The van der Waals surface area contributed by atoms with Crippen molar-refractivity contribution in [2.24, 2.45) is 0 Å². The molecule has 1 heterocycles. The van der Waals surface area contributed by atoms with Gasteiger partial charge in [-0.3, -0.25) is 4.79 Å². The molecule has 0 aliphatic heterocycles. The largest absolute Gasteiger partial charge is 0.398 e. The van der Waals surface area contributed by atoms with Gasteiger partial charge in [0.25, 0.3) is 5.91 Å². The summed E-state index contributed by atoms with van der Waals surface area (Å²) in [5, 5.41) is 26.3. The molecule has 0 aliphatic carbocycles. The van der Waals surface area contributed by atoms with Crippen molar-refractivity contribution in [2.45, 2.75) is 6.92 Å². The molecule has 0 saturated heterocycles. The number of nitrogen functional groups attached to an aromatic ring is 1. The SMILES string of the molecule is C/C=C(\C=N)C(=O)Nc1cc(-n2nc(Nc3ccc(N)c(C=N)c3Cl)c3ccccc32)ccc1F. The molecule has 0 bridgehead atoms. The number of amides is 1. The smallest absolute Gasteiger partial charge is 0.256 e. The van der Waals surface area contributed by atoms with Gasteiger partial charge in [-0.1, -0.05) is 29.8 Å². The van der Waals surface area contributed by atoms with Crippen LogP contribution in [0, 0.1) is 16.6 Å². The highest BCUT2D eigenvalue weighted by Crippen LogP contribution is 2.34. The Bertz CT molecular complexity index is 1510. The number of nitrogens with two attached hydrogens (primary N) is 1. The molecule has 0 atom stereocenters. The number of carbonyl (C=O) groups excluding carboxylic acids is 1. The predicted molar refractivity (Wildman–Crippen MR) is 139 cm³/mol. The molecule has 0 fully saturated rings. The molecule has 176 valence electrons. The number of anilines is 4. The Labute approximate surface area is 205 Å². The first kappa shape index (κ1) is 23.7. The van der Waals surface area contributed by atoms with Gasteiger partial charge < -0.3 is 27.2 Å². The second kappa shape index (κ2) is 9.78. The zero-order chi connectivity index (χ0) is 25.1. The first-order chi connectivity index (χ1) is 16.9. The zero-order valence-corrected chi connectivity index (χ0v) is 19.3. The number of para-hydroxylation sites is 1. The van der Waals surface area contributed by atoms with E-state index in [0.717, 1.165) is 23.3 Å². The van der Waals surface area contributed by atoms with Crippen LogP contribution in [0.2, 0.25) is 5.02 Å². The molecular formula is C25H21ClFN7O. The summed E-state index contributed by atoms with van der Waals surface area (Å²) in [6.07, 6.45) is 3.46. The van der Waals surface area contributed by atoms with E-state index in [2.05, 4.69) is 15.7 Å². The Hall–Kier alpha value is -4.50. The number of fused-ring (bicyclic) bond motifs is 1. The second-order valence-electron chi connectivity index (χ2n) is 7.48. The van der Waals surface area contributed by atoms with Gasteiger partial charge in [-0.25, -0.2) is 9.07 Å². The molecule has 4 rings (SSSR count). The number of nitrogens with zero attached hydrogens (tertiary/aromatic N) is 2. The lowest BCUT2D eigenvalue weighted by molar-refractivity contribution is -0.112. The standard InChI is InChI=1S/C25H21ClFN7O/c1-2-14(12-28)25(35)32-21-11-15(7-8-18(21)27)34-22-6-4-3-5-16(22)24(33-34)31-20-10-9-19(30)17(13-29)23(20)26/h2-13,28-29H,30H2,1H3,(H,31,33)(H,32,35)/b14-2+,28-12?,29-13?. The van der Waals surface area contributed by atoms with E-state index in [0.29, 0.717) is 28.4 Å². The highest BCUT2D eigenvalue weighted by Gasteiger charge is 2.17. The summed E-state index contributed by atoms with van der Waals surface area (Å²) in [6, 6.07) is 15.0. The minimum Gasteiger partial charge on any atom is -0.398 e. The first-order valence-electron chi connectivity index (χ1n) is 10.5. The summed E-state index contributed by atoms with van der Waals surface area (Å²) in [7, 11) is 0. The fraction of sp³-hybridized carbons (Fsp3) is 0.0400. The van der Waals surface area contributed by atoms with Crippen LogP contribution in [-0.4, -0.2) is 28.1 Å². The average molecular weight is 490 g/mol. The van der Waals surface area contributed by atoms with Crippen molar-refractivity contribution >= 4 is 63.7 Å². The summed E-state index contributed by atoms with van der Waals surface area (Å²) in [4.78, 5) is 12.3. The monoisotopic (exact) mass is 489 g/mol. The minimum atomic E-state index is -0.620. The molecule has 0 unspecified atom stereocenters. The summed E-state index contributed by atoms with van der Waals surface area (Å²) in [5.74, 6) is -0.727. The maximum Gasteiger partial charge on any atom is 0.256 e. The summed E-state index contributed by atoms with van der Waals surface area (Å²) < 4.78 is 16.1. The topological polar surface area (TPSA) is 133 Å². The van der Waals surface area contributed by atoms with Gasteiger partial charge in [-0.05, 0) is 49.4 Å². The molecule has 35 heavy (non-hydrogen) atoms. The molecular weight excluding hydrogens is 469 g/mol. The molecule has 0 aliphatic rings. The van der Waals surface area contributed by atoms with Crippen LogP contribution in [0.4, 0.5) is 27.3 Å². The van der Waals surface area contributed by atoms with Crippen LogP contribution in [0.3, 0.4) is 0 Å². The first-order valence-corrected chi connectivity index (χ1v) is 10.9. The number of hydrogen-bond acceptors (Lipinski definition) is 6. The van der Waals surface area contributed by atoms with Gasteiger partial charge in [0.2, 0.25) is 0 Å². The number of allylic oxidation sites excluding steroid dienone is 1. The Morgan fingerprint density at radius 1 is 1.14 bits per heavy atom. The number of aromatic nitrogens is 2. The summed E-state index contributed by atoms with van der Waals surface area (Å²) in [6.45, 7) is 1.62. The van der Waals surface area contributed by atoms with E-state index >= 15 is 0 Å². The second-order valence-corrected chi connectivity index (χ2v) is 7.86. The minimum absolute atomic E-state index is 0.0417. The third-order valence-corrected chi connectivity index (χ3v) is 5.78. The van der Waals surface area contributed by atoms with Crippen LogP contribution in [0.25, 0.3) is 16.6 Å². The number of hydrogen-bond donors (Lipinski definition) is 5. The number of rotatable bonds is 7. The Morgan fingerprint density at radius 3 is 2.63 bits per heavy atom. The molecule has 6 N–H and O–H groups in total. The van der Waals surface area contributed by atoms with E-state index < -0.39 is 11.7 Å². The maximum absolute atomic E-state index is 14.5. The molecule has 1 aromatic heterocycles. The number of halogens is 2. The predicted octanol–water partition coefficient (Wildman–Crippen LogP) is 5.68. The average Bonchev–Trinajstić information content (AvgIpc) is 3.22. The van der Waals surface area contributed by atoms with E-state index in [9.17, 15) is 9.18 Å². The Morgan fingerprint density at radius 2 is 1.91 bits per heavy atom. The lowest BCUT2D eigenvalue weighted by atomic mass is 10.1. The molecule has 10 heteroatoms. The molecule has 0 saturated carbocycles. The van der Waals surface area contributed by atoms with Gasteiger partial charge in [-0.15, -0.1) is 5.10 Å². The molecule has 0 radical (unpaired) electrons. The third-order valence-electron chi connectivity index (χ3n) is 5.37. The normalized spacial score (nSPS) is 11.3. The number of carbonyl (C=O) groups is 1. The highest BCUT2D eigenvalue weighted by atomic mass is 35.5. The van der Waals surface area contributed by atoms with Gasteiger partial charge in [0.15, 0.2) is 5.82 Å². The third kappa shape index (κ3) is 4.49. The van der Waals surface area contributed by atoms with Crippen molar-refractivity contribution in [1.29, 1.82) is 10.8 Å². The van der Waals surface area contributed by atoms with Crippen molar-refractivity contribution < 1.29 is 9.18 Å². The van der Waals surface area contributed by atoms with Gasteiger partial charge in [-0.2, -0.15) is 0 Å². The van der Waals surface area contributed by atoms with Crippen LogP contribution in [0.5, 0.6) is 0 Å². The van der Waals surface area contributed by atoms with Gasteiger partial charge in [0.1, 0.15) is 5.82 Å². The molecule has 4 aromatic rings. The van der Waals surface area contributed by atoms with E-state index in [-0.39, 0.29) is 16.3 Å². The van der Waals surface area contributed by atoms with Crippen molar-refractivity contribution in [3.05, 3.63) is 82.6 Å². The zero-order valence-electron chi connectivity index (χ0n) is 18.6. The van der Waals surface area contributed by atoms with Gasteiger partial charge in [0, 0.05) is 29.1 Å². The molecule has 1 amide bonds.